The van der Waals surface area contributed by atoms with Gasteiger partial charge in [0.2, 0.25) is 0 Å². The molecule has 2 nitrogen and oxygen atoms in total. The standard InChI is InChI=1S/C18H23ClO2/c1-12(2)11-18(6-3-4-7-18)17(20)15-10-14(19)9-13-5-8-21-16(13)15/h9-10,12H,3-8,11H2,1-2H3. The zero-order valence-corrected chi connectivity index (χ0v) is 13.6. The highest BCUT2D eigenvalue weighted by atomic mass is 35.5. The summed E-state index contributed by atoms with van der Waals surface area (Å²) >= 11 is 6.22. The van der Waals surface area contributed by atoms with Gasteiger partial charge in [-0.25, -0.2) is 0 Å². The third-order valence-electron chi connectivity index (χ3n) is 4.83. The maximum Gasteiger partial charge on any atom is 0.172 e. The Kier molecular flexibility index (Phi) is 4.00. The minimum Gasteiger partial charge on any atom is -0.492 e. The van der Waals surface area contributed by atoms with Crippen LogP contribution in [0, 0.1) is 11.3 Å². The molecule has 0 aromatic heterocycles. The molecule has 3 heteroatoms. The largest absolute Gasteiger partial charge is 0.492 e. The van der Waals surface area contributed by atoms with Gasteiger partial charge in [0.15, 0.2) is 5.78 Å². The minimum atomic E-state index is -0.196. The van der Waals surface area contributed by atoms with Crippen LogP contribution in [0.25, 0.3) is 0 Å². The number of Topliss-reactive ketones (excluding diaryl/α,β-unsaturated/α-hetero) is 1. The first-order valence-electron chi connectivity index (χ1n) is 8.02. The predicted molar refractivity (Wildman–Crippen MR) is 85.3 cm³/mol. The van der Waals surface area contributed by atoms with Crippen LogP contribution >= 0.6 is 11.6 Å². The molecule has 1 saturated carbocycles. The second-order valence-corrected chi connectivity index (χ2v) is 7.39. The van der Waals surface area contributed by atoms with Crippen molar-refractivity contribution in [2.45, 2.75) is 52.4 Å². The molecule has 3 rings (SSSR count). The smallest absolute Gasteiger partial charge is 0.172 e. The molecule has 0 bridgehead atoms. The van der Waals surface area contributed by atoms with Gasteiger partial charge >= 0.3 is 0 Å². The summed E-state index contributed by atoms with van der Waals surface area (Å²) in [5.41, 5.74) is 1.61. The number of benzene rings is 1. The number of ether oxygens (including phenoxy) is 1. The highest BCUT2D eigenvalue weighted by Gasteiger charge is 2.43. The van der Waals surface area contributed by atoms with E-state index in [1.54, 1.807) is 0 Å². The van der Waals surface area contributed by atoms with Crippen LogP contribution in [0.4, 0.5) is 0 Å². The summed E-state index contributed by atoms with van der Waals surface area (Å²) in [5.74, 6) is 1.58. The Morgan fingerprint density at radius 3 is 2.71 bits per heavy atom. The Hall–Kier alpha value is -1.02. The molecule has 0 N–H and O–H groups in total. The summed E-state index contributed by atoms with van der Waals surface area (Å²) < 4.78 is 5.74. The first-order chi connectivity index (χ1) is 10.0. The van der Waals surface area contributed by atoms with Crippen LogP contribution in [0.3, 0.4) is 0 Å². The minimum absolute atomic E-state index is 0.196. The van der Waals surface area contributed by atoms with E-state index >= 15 is 0 Å². The molecule has 0 spiro atoms. The van der Waals surface area contributed by atoms with Crippen molar-refractivity contribution >= 4 is 17.4 Å². The van der Waals surface area contributed by atoms with Gasteiger partial charge < -0.3 is 4.74 Å². The molecule has 1 aromatic rings. The number of rotatable bonds is 4. The van der Waals surface area contributed by atoms with Crippen LogP contribution in [-0.4, -0.2) is 12.4 Å². The van der Waals surface area contributed by atoms with E-state index in [4.69, 9.17) is 16.3 Å². The van der Waals surface area contributed by atoms with E-state index < -0.39 is 0 Å². The molecule has 0 atom stereocenters. The fourth-order valence-electron chi connectivity index (χ4n) is 4.08. The molecule has 1 fully saturated rings. The van der Waals surface area contributed by atoms with Crippen LogP contribution in [0.2, 0.25) is 5.02 Å². The van der Waals surface area contributed by atoms with Gasteiger partial charge in [0.05, 0.1) is 12.2 Å². The molecule has 0 unspecified atom stereocenters. The molecule has 0 amide bonds. The van der Waals surface area contributed by atoms with Gasteiger partial charge in [-0.1, -0.05) is 38.3 Å². The molecular weight excluding hydrogens is 284 g/mol. The molecular formula is C18H23ClO2. The van der Waals surface area contributed by atoms with Gasteiger partial charge in [-0.3, -0.25) is 4.79 Å². The molecule has 0 radical (unpaired) electrons. The molecule has 21 heavy (non-hydrogen) atoms. The van der Waals surface area contributed by atoms with E-state index in [0.717, 1.165) is 55.4 Å². The lowest BCUT2D eigenvalue weighted by Crippen LogP contribution is -2.30. The third-order valence-corrected chi connectivity index (χ3v) is 5.05. The lowest BCUT2D eigenvalue weighted by molar-refractivity contribution is 0.0756. The average Bonchev–Trinajstić information content (AvgIpc) is 3.05. The topological polar surface area (TPSA) is 26.3 Å². The number of hydrogen-bond acceptors (Lipinski definition) is 2. The second-order valence-electron chi connectivity index (χ2n) is 6.95. The van der Waals surface area contributed by atoms with Gasteiger partial charge in [-0.2, -0.15) is 0 Å². The fraction of sp³-hybridized carbons (Fsp3) is 0.611. The fourth-order valence-corrected chi connectivity index (χ4v) is 4.32. The van der Waals surface area contributed by atoms with Gasteiger partial charge in [0.25, 0.3) is 0 Å². The quantitative estimate of drug-likeness (QED) is 0.726. The lowest BCUT2D eigenvalue weighted by Gasteiger charge is -2.30. The molecule has 2 aliphatic rings. The Balaban J connectivity index is 2.01. The molecule has 1 aromatic carbocycles. The number of fused-ring (bicyclic) bond motifs is 1. The van der Waals surface area contributed by atoms with E-state index in [0.29, 0.717) is 17.5 Å². The van der Waals surface area contributed by atoms with E-state index in [1.165, 1.54) is 0 Å². The lowest BCUT2D eigenvalue weighted by atomic mass is 9.73. The van der Waals surface area contributed by atoms with Crippen molar-refractivity contribution < 1.29 is 9.53 Å². The maximum atomic E-state index is 13.3. The SMILES string of the molecule is CC(C)CC1(C(=O)c2cc(Cl)cc3c2OCC3)CCCC1. The Labute approximate surface area is 131 Å². The van der Waals surface area contributed by atoms with Crippen LogP contribution in [0.5, 0.6) is 5.75 Å². The number of carbonyl (C=O) groups excluding carboxylic acids is 1. The van der Waals surface area contributed by atoms with Crippen molar-refractivity contribution in [3.63, 3.8) is 0 Å². The number of hydrogen-bond donors (Lipinski definition) is 0. The number of ketones is 1. The van der Waals surface area contributed by atoms with Gasteiger partial charge in [-0.05, 0) is 42.9 Å². The van der Waals surface area contributed by atoms with E-state index in [-0.39, 0.29) is 11.2 Å². The Bertz CT molecular complexity index is 557. The van der Waals surface area contributed by atoms with Gasteiger partial charge in [-0.15, -0.1) is 0 Å². The Morgan fingerprint density at radius 1 is 1.33 bits per heavy atom. The number of carbonyl (C=O) groups is 1. The van der Waals surface area contributed by atoms with Crippen molar-refractivity contribution in [2.24, 2.45) is 11.3 Å². The predicted octanol–water partition coefficient (Wildman–Crippen LogP) is 5.06. The van der Waals surface area contributed by atoms with Gasteiger partial charge in [0, 0.05) is 16.9 Å². The molecule has 1 aliphatic carbocycles. The van der Waals surface area contributed by atoms with E-state index in [1.807, 2.05) is 12.1 Å². The summed E-state index contributed by atoms with van der Waals surface area (Å²) in [5, 5.41) is 0.653. The summed E-state index contributed by atoms with van der Waals surface area (Å²) in [4.78, 5) is 13.3. The average molecular weight is 307 g/mol. The normalized spacial score (nSPS) is 19.6. The zero-order chi connectivity index (χ0) is 15.0. The summed E-state index contributed by atoms with van der Waals surface area (Å²) in [6.45, 7) is 5.06. The van der Waals surface area contributed by atoms with Gasteiger partial charge in [0.1, 0.15) is 5.75 Å². The zero-order valence-electron chi connectivity index (χ0n) is 12.9. The second kappa shape index (κ2) is 5.64. The monoisotopic (exact) mass is 306 g/mol. The van der Waals surface area contributed by atoms with Crippen molar-refractivity contribution in [1.82, 2.24) is 0 Å². The molecule has 114 valence electrons. The van der Waals surface area contributed by atoms with Crippen molar-refractivity contribution in [1.29, 1.82) is 0 Å². The maximum absolute atomic E-state index is 13.3. The molecule has 0 saturated heterocycles. The van der Waals surface area contributed by atoms with E-state index in [9.17, 15) is 4.79 Å². The number of halogens is 1. The van der Waals surface area contributed by atoms with E-state index in [2.05, 4.69) is 13.8 Å². The van der Waals surface area contributed by atoms with Crippen molar-refractivity contribution in [3.8, 4) is 5.75 Å². The van der Waals surface area contributed by atoms with Crippen LogP contribution in [0.15, 0.2) is 12.1 Å². The molecule has 1 heterocycles. The van der Waals surface area contributed by atoms with Crippen LogP contribution < -0.4 is 4.74 Å². The van der Waals surface area contributed by atoms with Crippen LogP contribution in [-0.2, 0) is 6.42 Å². The highest BCUT2D eigenvalue weighted by Crippen LogP contribution is 2.48. The van der Waals surface area contributed by atoms with Crippen LogP contribution in [0.1, 0.15) is 61.9 Å². The molecule has 1 aliphatic heterocycles. The summed E-state index contributed by atoms with van der Waals surface area (Å²) in [6, 6.07) is 3.75. The Morgan fingerprint density at radius 2 is 2.05 bits per heavy atom. The summed E-state index contributed by atoms with van der Waals surface area (Å²) in [7, 11) is 0. The highest BCUT2D eigenvalue weighted by molar-refractivity contribution is 6.31. The van der Waals surface area contributed by atoms with Crippen molar-refractivity contribution in [3.05, 3.63) is 28.3 Å². The summed E-state index contributed by atoms with van der Waals surface area (Å²) in [6.07, 6.45) is 6.14. The van der Waals surface area contributed by atoms with Crippen molar-refractivity contribution in [2.75, 3.05) is 6.61 Å². The first-order valence-corrected chi connectivity index (χ1v) is 8.40. The third kappa shape index (κ3) is 2.70. The first kappa shape index (κ1) is 14.9.